The minimum atomic E-state index is 0.111. The topological polar surface area (TPSA) is 9.23 Å². The van der Waals surface area contributed by atoms with E-state index in [1.165, 1.54) is 37.7 Å². The van der Waals surface area contributed by atoms with Crippen LogP contribution in [0.25, 0.3) is 0 Å². The molecule has 2 fully saturated rings. The Labute approximate surface area is 107 Å². The van der Waals surface area contributed by atoms with Crippen molar-refractivity contribution in [3.05, 3.63) is 12.2 Å². The van der Waals surface area contributed by atoms with Gasteiger partial charge in [0.15, 0.2) is 0 Å². The third kappa shape index (κ3) is 2.31. The van der Waals surface area contributed by atoms with Gasteiger partial charge in [-0.25, -0.2) is 0 Å². The molecule has 0 saturated heterocycles. The summed E-state index contributed by atoms with van der Waals surface area (Å²) in [6, 6.07) is 0. The van der Waals surface area contributed by atoms with Crippen LogP contribution in [0, 0.1) is 23.7 Å². The summed E-state index contributed by atoms with van der Waals surface area (Å²) in [5.74, 6) is 3.21. The number of methoxy groups -OCH3 is 1. The Hall–Kier alpha value is -0.300. The van der Waals surface area contributed by atoms with Gasteiger partial charge in [-0.1, -0.05) is 25.5 Å². The first-order valence-electron chi connectivity index (χ1n) is 7.18. The lowest BCUT2D eigenvalue weighted by Gasteiger charge is -2.36. The van der Waals surface area contributed by atoms with Crippen molar-refractivity contribution in [1.29, 1.82) is 0 Å². The van der Waals surface area contributed by atoms with E-state index in [0.29, 0.717) is 0 Å². The fourth-order valence-corrected chi connectivity index (χ4v) is 4.22. The maximum atomic E-state index is 5.92. The van der Waals surface area contributed by atoms with Crippen LogP contribution in [-0.4, -0.2) is 12.7 Å². The lowest BCUT2D eigenvalue weighted by molar-refractivity contribution is -0.0591. The minimum absolute atomic E-state index is 0.111. The second kappa shape index (κ2) is 4.76. The maximum absolute atomic E-state index is 5.92. The summed E-state index contributed by atoms with van der Waals surface area (Å²) in [5, 5.41) is 0. The summed E-state index contributed by atoms with van der Waals surface area (Å²) < 4.78 is 5.92. The Morgan fingerprint density at radius 3 is 2.59 bits per heavy atom. The average molecular weight is 236 g/mol. The molecular formula is C16H28O. The van der Waals surface area contributed by atoms with Crippen molar-refractivity contribution in [2.75, 3.05) is 7.11 Å². The first-order valence-corrected chi connectivity index (χ1v) is 7.18. The number of hydrogen-bond donors (Lipinski definition) is 0. The van der Waals surface area contributed by atoms with Gasteiger partial charge in [0, 0.05) is 7.11 Å². The summed E-state index contributed by atoms with van der Waals surface area (Å²) in [7, 11) is 1.90. The van der Waals surface area contributed by atoms with E-state index >= 15 is 0 Å². The molecule has 2 rings (SSSR count). The van der Waals surface area contributed by atoms with Gasteiger partial charge in [-0.15, -0.1) is 0 Å². The predicted octanol–water partition coefficient (Wildman–Crippen LogP) is 4.43. The van der Waals surface area contributed by atoms with Gasteiger partial charge in [0.05, 0.1) is 5.60 Å². The molecule has 0 bridgehead atoms. The van der Waals surface area contributed by atoms with Gasteiger partial charge in [-0.2, -0.15) is 0 Å². The van der Waals surface area contributed by atoms with E-state index in [1.54, 1.807) is 0 Å². The smallest absolute Gasteiger partial charge is 0.0681 e. The number of rotatable bonds is 2. The van der Waals surface area contributed by atoms with Gasteiger partial charge >= 0.3 is 0 Å². The lowest BCUT2D eigenvalue weighted by Crippen LogP contribution is -2.38. The van der Waals surface area contributed by atoms with Gasteiger partial charge in [-0.3, -0.25) is 0 Å². The van der Waals surface area contributed by atoms with Crippen LogP contribution in [0.15, 0.2) is 12.2 Å². The zero-order chi connectivity index (χ0) is 12.6. The van der Waals surface area contributed by atoms with Crippen LogP contribution < -0.4 is 0 Å². The highest BCUT2D eigenvalue weighted by Crippen LogP contribution is 2.52. The van der Waals surface area contributed by atoms with Gasteiger partial charge < -0.3 is 4.74 Å². The van der Waals surface area contributed by atoms with Gasteiger partial charge in [0.25, 0.3) is 0 Å². The van der Waals surface area contributed by atoms with Crippen molar-refractivity contribution in [1.82, 2.24) is 0 Å². The second-order valence-corrected chi connectivity index (χ2v) is 6.66. The van der Waals surface area contributed by atoms with Crippen LogP contribution in [0.2, 0.25) is 0 Å². The van der Waals surface area contributed by atoms with Crippen molar-refractivity contribution in [2.45, 2.75) is 58.5 Å². The molecule has 17 heavy (non-hydrogen) atoms. The van der Waals surface area contributed by atoms with E-state index in [2.05, 4.69) is 27.4 Å². The van der Waals surface area contributed by atoms with E-state index < -0.39 is 0 Å². The highest BCUT2D eigenvalue weighted by atomic mass is 16.5. The van der Waals surface area contributed by atoms with Crippen LogP contribution in [0.4, 0.5) is 0 Å². The first-order chi connectivity index (χ1) is 7.98. The Morgan fingerprint density at radius 1 is 1.29 bits per heavy atom. The van der Waals surface area contributed by atoms with Crippen LogP contribution in [0.3, 0.4) is 0 Å². The molecule has 0 aromatic heterocycles. The molecule has 0 aromatic rings. The van der Waals surface area contributed by atoms with Crippen LogP contribution >= 0.6 is 0 Å². The van der Waals surface area contributed by atoms with Crippen molar-refractivity contribution >= 4 is 0 Å². The molecule has 0 heterocycles. The van der Waals surface area contributed by atoms with Crippen LogP contribution in [0.1, 0.15) is 52.9 Å². The summed E-state index contributed by atoms with van der Waals surface area (Å²) >= 11 is 0. The monoisotopic (exact) mass is 236 g/mol. The Bertz CT molecular complexity index is 296. The molecule has 2 aliphatic carbocycles. The molecule has 0 N–H and O–H groups in total. The third-order valence-electron chi connectivity index (χ3n) is 5.67. The maximum Gasteiger partial charge on any atom is 0.0681 e. The molecule has 0 aliphatic heterocycles. The third-order valence-corrected chi connectivity index (χ3v) is 5.67. The molecular weight excluding hydrogens is 208 g/mol. The van der Waals surface area contributed by atoms with Gasteiger partial charge in [0.2, 0.25) is 0 Å². The summed E-state index contributed by atoms with van der Waals surface area (Å²) in [4.78, 5) is 0. The van der Waals surface area contributed by atoms with Crippen LogP contribution in [-0.2, 0) is 4.74 Å². The molecule has 2 saturated carbocycles. The molecule has 0 unspecified atom stereocenters. The minimum Gasteiger partial charge on any atom is -0.378 e. The molecule has 0 radical (unpaired) electrons. The largest absolute Gasteiger partial charge is 0.378 e. The molecule has 2 aliphatic rings. The van der Waals surface area contributed by atoms with E-state index in [1.807, 2.05) is 7.11 Å². The normalized spacial score (nSPS) is 46.4. The first kappa shape index (κ1) is 13.1. The average Bonchev–Trinajstić information content (AvgIpc) is 2.57. The van der Waals surface area contributed by atoms with Crippen LogP contribution in [0.5, 0.6) is 0 Å². The Morgan fingerprint density at radius 2 is 2.00 bits per heavy atom. The number of hydrogen-bond acceptors (Lipinski definition) is 1. The summed E-state index contributed by atoms with van der Waals surface area (Å²) in [6.07, 6.45) is 6.56. The predicted molar refractivity (Wildman–Crippen MR) is 72.9 cm³/mol. The highest BCUT2D eigenvalue weighted by molar-refractivity contribution is 5.05. The lowest BCUT2D eigenvalue weighted by atomic mass is 9.77. The zero-order valence-corrected chi connectivity index (χ0v) is 12.0. The van der Waals surface area contributed by atoms with Gasteiger partial charge in [-0.05, 0) is 63.2 Å². The molecule has 1 heteroatoms. The van der Waals surface area contributed by atoms with Crippen molar-refractivity contribution < 1.29 is 4.74 Å². The molecule has 0 amide bonds. The van der Waals surface area contributed by atoms with Crippen molar-refractivity contribution in [3.63, 3.8) is 0 Å². The molecule has 0 aromatic carbocycles. The molecule has 98 valence electrons. The fraction of sp³-hybridized carbons (Fsp3) is 0.875. The summed E-state index contributed by atoms with van der Waals surface area (Å²) in [6.45, 7) is 11.2. The second-order valence-electron chi connectivity index (χ2n) is 6.66. The SMILES string of the molecule is C=C(C)[C@H]1CC[C@@](C)(OC)[C@H]2CC[C@H](C)[C@@H]2C1. The fourth-order valence-electron chi connectivity index (χ4n) is 4.22. The number of fused-ring (bicyclic) bond motifs is 1. The summed E-state index contributed by atoms with van der Waals surface area (Å²) in [5.41, 5.74) is 1.49. The zero-order valence-electron chi connectivity index (χ0n) is 12.0. The standard InChI is InChI=1S/C16H28O/c1-11(2)13-8-9-16(4,17-5)15-7-6-12(3)14(15)10-13/h12-15H,1,6-10H2,2-5H3/t12-,13-,14-,15-,16+/m0/s1. The van der Waals surface area contributed by atoms with E-state index in [-0.39, 0.29) is 5.60 Å². The highest BCUT2D eigenvalue weighted by Gasteiger charge is 2.47. The number of ether oxygens (including phenoxy) is 1. The molecule has 5 atom stereocenters. The molecule has 0 spiro atoms. The van der Waals surface area contributed by atoms with Crippen molar-refractivity contribution in [3.8, 4) is 0 Å². The van der Waals surface area contributed by atoms with Crippen molar-refractivity contribution in [2.24, 2.45) is 23.7 Å². The Kier molecular flexibility index (Phi) is 3.68. The van der Waals surface area contributed by atoms with E-state index in [0.717, 1.165) is 23.7 Å². The Balaban J connectivity index is 2.24. The van der Waals surface area contributed by atoms with E-state index in [9.17, 15) is 0 Å². The number of allylic oxidation sites excluding steroid dienone is 1. The van der Waals surface area contributed by atoms with Gasteiger partial charge in [0.1, 0.15) is 0 Å². The van der Waals surface area contributed by atoms with E-state index in [4.69, 9.17) is 4.74 Å². The quantitative estimate of drug-likeness (QED) is 0.644. The molecule has 1 nitrogen and oxygen atoms in total.